The fourth-order valence-electron chi connectivity index (χ4n) is 3.55. The molecule has 0 aromatic rings. The molecule has 5 heteroatoms. The van der Waals surface area contributed by atoms with Crippen molar-refractivity contribution in [3.8, 4) is 0 Å². The summed E-state index contributed by atoms with van der Waals surface area (Å²) in [4.78, 5) is 17.0. The molecule has 2 rings (SSSR count). The van der Waals surface area contributed by atoms with E-state index in [2.05, 4.69) is 11.8 Å². The lowest BCUT2D eigenvalue weighted by Crippen LogP contribution is -2.59. The van der Waals surface area contributed by atoms with Crippen molar-refractivity contribution in [2.24, 2.45) is 5.73 Å². The first-order chi connectivity index (χ1) is 9.04. The number of carbonyl (C=O) groups is 1. The van der Waals surface area contributed by atoms with Gasteiger partial charge in [0.05, 0.1) is 5.54 Å². The van der Waals surface area contributed by atoms with Crippen molar-refractivity contribution in [1.29, 1.82) is 0 Å². The van der Waals surface area contributed by atoms with Gasteiger partial charge < -0.3 is 10.6 Å². The summed E-state index contributed by atoms with van der Waals surface area (Å²) >= 11 is 0. The molecule has 4 nitrogen and oxygen atoms in total. The zero-order chi connectivity index (χ0) is 13.9. The topological polar surface area (TPSA) is 49.6 Å². The minimum atomic E-state index is -0.676. The smallest absolute Gasteiger partial charge is 0.242 e. The van der Waals surface area contributed by atoms with Crippen molar-refractivity contribution in [3.05, 3.63) is 0 Å². The first-order valence-electron chi connectivity index (χ1n) is 7.87. The summed E-state index contributed by atoms with van der Waals surface area (Å²) in [5.74, 6) is 0.139. The first kappa shape index (κ1) is 17.7. The molecule has 0 radical (unpaired) electrons. The van der Waals surface area contributed by atoms with Crippen LogP contribution in [0, 0.1) is 0 Å². The maximum atomic E-state index is 12.4. The van der Waals surface area contributed by atoms with Gasteiger partial charge >= 0.3 is 0 Å². The Labute approximate surface area is 129 Å². The number of hydrogen-bond donors (Lipinski definition) is 1. The van der Waals surface area contributed by atoms with Crippen molar-refractivity contribution >= 4 is 18.3 Å². The summed E-state index contributed by atoms with van der Waals surface area (Å²) in [7, 11) is 0. The number of amides is 1. The van der Waals surface area contributed by atoms with Crippen LogP contribution in [0.15, 0.2) is 0 Å². The number of halogens is 1. The predicted octanol–water partition coefficient (Wildman–Crippen LogP) is 2.01. The van der Waals surface area contributed by atoms with Gasteiger partial charge in [0.2, 0.25) is 5.91 Å². The SMILES string of the molecule is CCCC(C)(N)C(=O)N1CCN(C2CCCC2)CC1.Cl. The standard InChI is InChI=1S/C15H29N3O.ClH/c1-3-8-15(2,16)14(19)18-11-9-17(10-12-18)13-6-4-5-7-13;/h13H,3-12,16H2,1-2H3;1H. The molecule has 20 heavy (non-hydrogen) atoms. The zero-order valence-electron chi connectivity index (χ0n) is 12.9. The molecule has 1 atom stereocenters. The minimum Gasteiger partial charge on any atom is -0.339 e. The Morgan fingerprint density at radius 2 is 1.75 bits per heavy atom. The van der Waals surface area contributed by atoms with Gasteiger partial charge in [-0.2, -0.15) is 0 Å². The molecule has 1 saturated carbocycles. The van der Waals surface area contributed by atoms with Crippen LogP contribution >= 0.6 is 12.4 Å². The van der Waals surface area contributed by atoms with E-state index in [0.717, 1.165) is 45.1 Å². The molecule has 0 aromatic carbocycles. The van der Waals surface area contributed by atoms with Gasteiger partial charge in [-0.15, -0.1) is 12.4 Å². The number of rotatable bonds is 4. The Morgan fingerprint density at radius 1 is 1.20 bits per heavy atom. The van der Waals surface area contributed by atoms with Gasteiger partial charge in [0, 0.05) is 32.2 Å². The summed E-state index contributed by atoms with van der Waals surface area (Å²) < 4.78 is 0. The van der Waals surface area contributed by atoms with Crippen LogP contribution in [0.4, 0.5) is 0 Å². The molecule has 2 aliphatic rings. The average molecular weight is 304 g/mol. The summed E-state index contributed by atoms with van der Waals surface area (Å²) in [6.45, 7) is 7.72. The van der Waals surface area contributed by atoms with Crippen LogP contribution in [0.25, 0.3) is 0 Å². The Kier molecular flexibility index (Phi) is 6.76. The molecule has 2 N–H and O–H groups in total. The van der Waals surface area contributed by atoms with Crippen molar-refractivity contribution in [1.82, 2.24) is 9.80 Å². The fraction of sp³-hybridized carbons (Fsp3) is 0.933. The largest absolute Gasteiger partial charge is 0.339 e. The Morgan fingerprint density at radius 3 is 2.25 bits per heavy atom. The van der Waals surface area contributed by atoms with Gasteiger partial charge in [-0.1, -0.05) is 26.2 Å². The fourth-order valence-corrected chi connectivity index (χ4v) is 3.55. The highest BCUT2D eigenvalue weighted by Gasteiger charge is 2.34. The summed E-state index contributed by atoms with van der Waals surface area (Å²) in [6, 6.07) is 0.775. The van der Waals surface area contributed by atoms with Crippen LogP contribution in [-0.2, 0) is 4.79 Å². The lowest BCUT2D eigenvalue weighted by atomic mass is 9.95. The highest BCUT2D eigenvalue weighted by molar-refractivity contribution is 5.86. The number of hydrogen-bond acceptors (Lipinski definition) is 3. The Bertz CT molecular complexity index is 308. The third-order valence-corrected chi connectivity index (χ3v) is 4.70. The number of nitrogens with two attached hydrogens (primary N) is 1. The molecule has 1 aliphatic heterocycles. The van der Waals surface area contributed by atoms with Crippen LogP contribution < -0.4 is 5.73 Å². The number of carbonyl (C=O) groups excluding carboxylic acids is 1. The third-order valence-electron chi connectivity index (χ3n) is 4.70. The third kappa shape index (κ3) is 4.09. The van der Waals surface area contributed by atoms with Gasteiger partial charge in [-0.3, -0.25) is 9.69 Å². The van der Waals surface area contributed by atoms with Crippen LogP contribution in [0.3, 0.4) is 0 Å². The van der Waals surface area contributed by atoms with E-state index in [0.29, 0.717) is 0 Å². The van der Waals surface area contributed by atoms with Crippen LogP contribution in [-0.4, -0.2) is 53.5 Å². The Hall–Kier alpha value is -0.320. The van der Waals surface area contributed by atoms with E-state index in [1.54, 1.807) is 0 Å². The molecular formula is C15H30ClN3O. The summed E-state index contributed by atoms with van der Waals surface area (Å²) in [5, 5.41) is 0. The van der Waals surface area contributed by atoms with Gasteiger partial charge in [0.15, 0.2) is 0 Å². The van der Waals surface area contributed by atoms with E-state index in [1.165, 1.54) is 25.7 Å². The number of piperazine rings is 1. The second kappa shape index (κ2) is 7.62. The Balaban J connectivity index is 0.00000200. The van der Waals surface area contributed by atoms with Crippen molar-refractivity contribution in [3.63, 3.8) is 0 Å². The zero-order valence-corrected chi connectivity index (χ0v) is 13.8. The molecule has 118 valence electrons. The van der Waals surface area contributed by atoms with Gasteiger partial charge in [-0.05, 0) is 26.2 Å². The van der Waals surface area contributed by atoms with Crippen molar-refractivity contribution in [2.75, 3.05) is 26.2 Å². The highest BCUT2D eigenvalue weighted by Crippen LogP contribution is 2.24. The molecule has 1 unspecified atom stereocenters. The molecule has 2 fully saturated rings. The second-order valence-electron chi connectivity index (χ2n) is 6.43. The number of nitrogens with zero attached hydrogens (tertiary/aromatic N) is 2. The van der Waals surface area contributed by atoms with Gasteiger partial charge in [0.25, 0.3) is 0 Å². The first-order valence-corrected chi connectivity index (χ1v) is 7.87. The maximum absolute atomic E-state index is 12.4. The molecule has 1 saturated heterocycles. The highest BCUT2D eigenvalue weighted by atomic mass is 35.5. The molecule has 1 aliphatic carbocycles. The van der Waals surface area contributed by atoms with Crippen molar-refractivity contribution in [2.45, 2.75) is 64.0 Å². The van der Waals surface area contributed by atoms with Gasteiger partial charge in [0.1, 0.15) is 0 Å². The minimum absolute atomic E-state index is 0. The molecule has 0 spiro atoms. The maximum Gasteiger partial charge on any atom is 0.242 e. The quantitative estimate of drug-likeness (QED) is 0.864. The van der Waals surface area contributed by atoms with E-state index in [4.69, 9.17) is 5.73 Å². The van der Waals surface area contributed by atoms with E-state index in [9.17, 15) is 4.79 Å². The van der Waals surface area contributed by atoms with E-state index < -0.39 is 5.54 Å². The van der Waals surface area contributed by atoms with Crippen LogP contribution in [0.5, 0.6) is 0 Å². The van der Waals surface area contributed by atoms with Gasteiger partial charge in [-0.25, -0.2) is 0 Å². The summed E-state index contributed by atoms with van der Waals surface area (Å²) in [6.07, 6.45) is 7.18. The monoisotopic (exact) mass is 303 g/mol. The van der Waals surface area contributed by atoms with E-state index >= 15 is 0 Å². The summed E-state index contributed by atoms with van der Waals surface area (Å²) in [5.41, 5.74) is 5.48. The normalized spacial score (nSPS) is 24.2. The molecule has 0 bridgehead atoms. The molecular weight excluding hydrogens is 274 g/mol. The van der Waals surface area contributed by atoms with E-state index in [1.807, 2.05) is 11.8 Å². The lowest BCUT2D eigenvalue weighted by molar-refractivity contribution is -0.138. The lowest BCUT2D eigenvalue weighted by Gasteiger charge is -2.40. The average Bonchev–Trinajstić information content (AvgIpc) is 2.92. The molecule has 1 amide bonds. The van der Waals surface area contributed by atoms with Crippen LogP contribution in [0.2, 0.25) is 0 Å². The van der Waals surface area contributed by atoms with Crippen molar-refractivity contribution < 1.29 is 4.79 Å². The van der Waals surface area contributed by atoms with E-state index in [-0.39, 0.29) is 18.3 Å². The predicted molar refractivity (Wildman–Crippen MR) is 85.2 cm³/mol. The molecule has 1 heterocycles. The second-order valence-corrected chi connectivity index (χ2v) is 6.43. The molecule has 0 aromatic heterocycles. The van der Waals surface area contributed by atoms with Crippen LogP contribution in [0.1, 0.15) is 52.4 Å².